The Morgan fingerprint density at radius 1 is 1.38 bits per heavy atom. The number of ether oxygens (including phenoxy) is 1. The predicted octanol–water partition coefficient (Wildman–Crippen LogP) is 0.119. The predicted molar refractivity (Wildman–Crippen MR) is 88.5 cm³/mol. The largest absolute Gasteiger partial charge is 0.469 e. The van der Waals surface area contributed by atoms with Gasteiger partial charge in [-0.05, 0) is 20.8 Å². The van der Waals surface area contributed by atoms with Crippen molar-refractivity contribution in [3.63, 3.8) is 0 Å². The summed E-state index contributed by atoms with van der Waals surface area (Å²) in [7, 11) is 2.69. The van der Waals surface area contributed by atoms with Crippen molar-refractivity contribution in [3.05, 3.63) is 27.2 Å². The van der Waals surface area contributed by atoms with Gasteiger partial charge in [0, 0.05) is 13.6 Å². The van der Waals surface area contributed by atoms with Crippen LogP contribution in [0.4, 0.5) is 0 Å². The normalized spacial score (nSPS) is 11.2. The van der Waals surface area contributed by atoms with E-state index in [0.29, 0.717) is 6.54 Å². The molecule has 0 N–H and O–H groups in total. The molecule has 2 aromatic rings. The van der Waals surface area contributed by atoms with E-state index < -0.39 is 22.6 Å². The molecule has 0 saturated heterocycles. The Morgan fingerprint density at radius 3 is 2.62 bits per heavy atom. The monoisotopic (exact) mass is 332 g/mol. The molecule has 128 valence electrons. The summed E-state index contributed by atoms with van der Waals surface area (Å²) in [5.41, 5.74) is -1.41. The van der Waals surface area contributed by atoms with Crippen LogP contribution in [0.2, 0.25) is 0 Å². The number of rotatable bonds is 4. The van der Waals surface area contributed by atoms with E-state index >= 15 is 0 Å². The standard InChI is InChI=1S/C16H20N4O4/c1-6-7-8-19-10-17-12-11(19)13(21)18(4)15(23)20(12)9-16(2,3)14(22)24-5/h10H,8-9H2,1-5H3. The molecule has 0 bridgehead atoms. The van der Waals surface area contributed by atoms with Crippen molar-refractivity contribution in [2.45, 2.75) is 33.9 Å². The number of hydrogen-bond donors (Lipinski definition) is 0. The second-order valence-corrected chi connectivity index (χ2v) is 6.08. The van der Waals surface area contributed by atoms with Crippen molar-refractivity contribution in [3.8, 4) is 11.8 Å². The fourth-order valence-corrected chi connectivity index (χ4v) is 2.47. The Morgan fingerprint density at radius 2 is 2.04 bits per heavy atom. The molecule has 2 rings (SSSR count). The third kappa shape index (κ3) is 2.85. The number of carbonyl (C=O) groups is 1. The number of fused-ring (bicyclic) bond motifs is 1. The summed E-state index contributed by atoms with van der Waals surface area (Å²) in [6.45, 7) is 5.37. The van der Waals surface area contributed by atoms with Gasteiger partial charge in [0.25, 0.3) is 5.56 Å². The van der Waals surface area contributed by atoms with Gasteiger partial charge in [-0.2, -0.15) is 0 Å². The van der Waals surface area contributed by atoms with Gasteiger partial charge in [-0.15, -0.1) is 5.92 Å². The smallest absolute Gasteiger partial charge is 0.332 e. The maximum absolute atomic E-state index is 12.5. The second-order valence-electron chi connectivity index (χ2n) is 6.08. The lowest BCUT2D eigenvalue weighted by molar-refractivity contribution is -0.151. The molecule has 0 amide bonds. The molecule has 0 aliphatic heterocycles. The van der Waals surface area contributed by atoms with Crippen LogP contribution in [0, 0.1) is 17.3 Å². The number of imidazole rings is 1. The van der Waals surface area contributed by atoms with Gasteiger partial charge in [-0.25, -0.2) is 9.78 Å². The average molecular weight is 332 g/mol. The molecule has 2 heterocycles. The first-order chi connectivity index (χ1) is 11.2. The van der Waals surface area contributed by atoms with Crippen molar-refractivity contribution in [1.82, 2.24) is 18.7 Å². The maximum atomic E-state index is 12.5. The Balaban J connectivity index is 2.72. The maximum Gasteiger partial charge on any atom is 0.332 e. The van der Waals surface area contributed by atoms with Crippen LogP contribution in [0.3, 0.4) is 0 Å². The topological polar surface area (TPSA) is 88.1 Å². The SMILES string of the molecule is CC#CCn1cnc2c1c(=O)n(C)c(=O)n2CC(C)(C)C(=O)OC. The number of carbonyl (C=O) groups excluding carboxylic acids is 1. The summed E-state index contributed by atoms with van der Waals surface area (Å²) in [4.78, 5) is 41.1. The second kappa shape index (κ2) is 6.35. The van der Waals surface area contributed by atoms with Crippen molar-refractivity contribution in [1.29, 1.82) is 0 Å². The fourth-order valence-electron chi connectivity index (χ4n) is 2.47. The minimum atomic E-state index is -0.949. The highest BCUT2D eigenvalue weighted by Gasteiger charge is 2.31. The lowest BCUT2D eigenvalue weighted by atomic mass is 9.93. The average Bonchev–Trinajstić information content (AvgIpc) is 2.97. The molecule has 8 nitrogen and oxygen atoms in total. The van der Waals surface area contributed by atoms with E-state index in [9.17, 15) is 14.4 Å². The molecule has 8 heteroatoms. The van der Waals surface area contributed by atoms with E-state index in [2.05, 4.69) is 16.8 Å². The first kappa shape index (κ1) is 17.5. The summed E-state index contributed by atoms with van der Waals surface area (Å²) >= 11 is 0. The highest BCUT2D eigenvalue weighted by Crippen LogP contribution is 2.20. The van der Waals surface area contributed by atoms with Crippen LogP contribution in [-0.4, -0.2) is 31.8 Å². The van der Waals surface area contributed by atoms with Crippen LogP contribution < -0.4 is 11.2 Å². The lowest BCUT2D eigenvalue weighted by Gasteiger charge is -2.22. The number of aromatic nitrogens is 4. The van der Waals surface area contributed by atoms with E-state index in [1.165, 1.54) is 25.1 Å². The van der Waals surface area contributed by atoms with E-state index in [4.69, 9.17) is 4.74 Å². The van der Waals surface area contributed by atoms with Gasteiger partial charge in [0.2, 0.25) is 0 Å². The van der Waals surface area contributed by atoms with E-state index in [0.717, 1.165) is 4.57 Å². The zero-order valence-electron chi connectivity index (χ0n) is 14.4. The Hall–Kier alpha value is -2.82. The highest BCUT2D eigenvalue weighted by atomic mass is 16.5. The number of hydrogen-bond acceptors (Lipinski definition) is 5. The number of esters is 1. The molecule has 0 fully saturated rings. The molecular weight excluding hydrogens is 312 g/mol. The third-order valence-electron chi connectivity index (χ3n) is 3.82. The third-order valence-corrected chi connectivity index (χ3v) is 3.82. The van der Waals surface area contributed by atoms with Gasteiger partial charge in [0.1, 0.15) is 0 Å². The molecule has 0 aliphatic carbocycles. The van der Waals surface area contributed by atoms with Crippen LogP contribution in [0.25, 0.3) is 11.2 Å². The van der Waals surface area contributed by atoms with Gasteiger partial charge >= 0.3 is 11.7 Å². The summed E-state index contributed by atoms with van der Waals surface area (Å²) < 4.78 is 8.71. The fraction of sp³-hybridized carbons (Fsp3) is 0.500. The Kier molecular flexibility index (Phi) is 4.64. The first-order valence-electron chi connectivity index (χ1n) is 7.37. The molecule has 0 saturated carbocycles. The summed E-state index contributed by atoms with van der Waals surface area (Å²) in [6.07, 6.45) is 1.47. The van der Waals surface area contributed by atoms with Gasteiger partial charge < -0.3 is 9.30 Å². The zero-order valence-corrected chi connectivity index (χ0v) is 14.4. The Bertz CT molecular complexity index is 966. The van der Waals surface area contributed by atoms with E-state index in [-0.39, 0.29) is 17.7 Å². The molecule has 0 aliphatic rings. The molecule has 0 aromatic carbocycles. The van der Waals surface area contributed by atoms with Crippen molar-refractivity contribution < 1.29 is 9.53 Å². The summed E-state index contributed by atoms with van der Waals surface area (Å²) in [6, 6.07) is 0. The summed E-state index contributed by atoms with van der Waals surface area (Å²) in [5, 5.41) is 0. The zero-order chi connectivity index (χ0) is 18.1. The highest BCUT2D eigenvalue weighted by molar-refractivity contribution is 5.76. The van der Waals surface area contributed by atoms with Crippen molar-refractivity contribution in [2.24, 2.45) is 12.5 Å². The van der Waals surface area contributed by atoms with Gasteiger partial charge in [0.15, 0.2) is 11.2 Å². The molecule has 0 unspecified atom stereocenters. The van der Waals surface area contributed by atoms with E-state index in [1.54, 1.807) is 25.3 Å². The first-order valence-corrected chi connectivity index (χ1v) is 7.37. The molecule has 24 heavy (non-hydrogen) atoms. The molecule has 0 radical (unpaired) electrons. The Labute approximate surface area is 138 Å². The van der Waals surface area contributed by atoms with Crippen LogP contribution in [-0.2, 0) is 29.7 Å². The molecule has 2 aromatic heterocycles. The van der Waals surface area contributed by atoms with Crippen LogP contribution in [0.5, 0.6) is 0 Å². The molecule has 0 spiro atoms. The number of methoxy groups -OCH3 is 1. The van der Waals surface area contributed by atoms with Crippen molar-refractivity contribution in [2.75, 3.05) is 7.11 Å². The van der Waals surface area contributed by atoms with Crippen molar-refractivity contribution >= 4 is 17.1 Å². The van der Waals surface area contributed by atoms with Gasteiger partial charge in [-0.1, -0.05) is 5.92 Å². The number of nitrogens with zero attached hydrogens (tertiary/aromatic N) is 4. The van der Waals surface area contributed by atoms with Crippen LogP contribution >= 0.6 is 0 Å². The molecular formula is C16H20N4O4. The van der Waals surface area contributed by atoms with Gasteiger partial charge in [-0.3, -0.25) is 18.7 Å². The minimum absolute atomic E-state index is 0.0413. The van der Waals surface area contributed by atoms with Crippen LogP contribution in [0.15, 0.2) is 15.9 Å². The minimum Gasteiger partial charge on any atom is -0.469 e. The lowest BCUT2D eigenvalue weighted by Crippen LogP contribution is -2.42. The molecule has 0 atom stereocenters. The van der Waals surface area contributed by atoms with E-state index in [1.807, 2.05) is 0 Å². The quantitative estimate of drug-likeness (QED) is 0.586. The van der Waals surface area contributed by atoms with Gasteiger partial charge in [0.05, 0.1) is 25.4 Å². The summed E-state index contributed by atoms with van der Waals surface area (Å²) in [5.74, 6) is 5.17. The van der Waals surface area contributed by atoms with Crippen LogP contribution in [0.1, 0.15) is 20.8 Å².